The molecule has 2 aliphatic rings. The van der Waals surface area contributed by atoms with Crippen LogP contribution in [0.25, 0.3) is 0 Å². The van der Waals surface area contributed by atoms with Gasteiger partial charge >= 0.3 is 0 Å². The molecule has 0 spiro atoms. The number of hydrogen-bond donors (Lipinski definition) is 1. The summed E-state index contributed by atoms with van der Waals surface area (Å²) in [6.45, 7) is 6.13. The summed E-state index contributed by atoms with van der Waals surface area (Å²) in [6, 6.07) is 0.705. The van der Waals surface area contributed by atoms with E-state index in [-0.39, 0.29) is 0 Å². The smallest absolute Gasteiger partial charge is 0.0207 e. The van der Waals surface area contributed by atoms with Crippen LogP contribution in [0.2, 0.25) is 0 Å². The minimum atomic E-state index is 0.705. The fraction of sp³-hybridized carbons (Fsp3) is 1.00. The largest absolute Gasteiger partial charge is 0.311 e. The van der Waals surface area contributed by atoms with Gasteiger partial charge in [-0.05, 0) is 45.9 Å². The van der Waals surface area contributed by atoms with E-state index in [1.54, 1.807) is 0 Å². The molecule has 19 heavy (non-hydrogen) atoms. The normalized spacial score (nSPS) is 27.0. The van der Waals surface area contributed by atoms with Crippen molar-refractivity contribution in [1.82, 2.24) is 15.1 Å². The van der Waals surface area contributed by atoms with Gasteiger partial charge in [0.1, 0.15) is 0 Å². The van der Waals surface area contributed by atoms with Crippen molar-refractivity contribution in [3.8, 4) is 0 Å². The van der Waals surface area contributed by atoms with Gasteiger partial charge in [-0.3, -0.25) is 0 Å². The zero-order valence-corrected chi connectivity index (χ0v) is 13.0. The Bertz CT molecular complexity index is 238. The van der Waals surface area contributed by atoms with Crippen molar-refractivity contribution < 1.29 is 0 Å². The van der Waals surface area contributed by atoms with E-state index in [2.05, 4.69) is 29.2 Å². The fourth-order valence-corrected chi connectivity index (χ4v) is 3.55. The van der Waals surface area contributed by atoms with E-state index < -0.39 is 0 Å². The van der Waals surface area contributed by atoms with Crippen LogP contribution in [0.1, 0.15) is 44.9 Å². The minimum Gasteiger partial charge on any atom is -0.311 e. The van der Waals surface area contributed by atoms with Crippen molar-refractivity contribution in [2.75, 3.05) is 46.8 Å². The second-order valence-electron chi connectivity index (χ2n) is 6.80. The minimum absolute atomic E-state index is 0.705. The molecular formula is C16H33N3. The maximum Gasteiger partial charge on any atom is 0.0207 e. The molecule has 0 aromatic rings. The molecule has 1 saturated carbocycles. The van der Waals surface area contributed by atoms with Gasteiger partial charge in [-0.15, -0.1) is 0 Å². The highest BCUT2D eigenvalue weighted by atomic mass is 15.2. The number of likely N-dealkylation sites (N-methyl/N-ethyl adjacent to an activating group) is 1. The van der Waals surface area contributed by atoms with Gasteiger partial charge in [0.2, 0.25) is 0 Å². The average Bonchev–Trinajstić information content (AvgIpc) is 2.44. The highest BCUT2D eigenvalue weighted by Gasteiger charge is 2.17. The Morgan fingerprint density at radius 3 is 2.58 bits per heavy atom. The monoisotopic (exact) mass is 267 g/mol. The van der Waals surface area contributed by atoms with E-state index in [4.69, 9.17) is 0 Å². The third-order valence-electron chi connectivity index (χ3n) is 4.96. The highest BCUT2D eigenvalue weighted by molar-refractivity contribution is 4.77. The second kappa shape index (κ2) is 8.23. The van der Waals surface area contributed by atoms with Crippen molar-refractivity contribution in [3.05, 3.63) is 0 Å². The molecular weight excluding hydrogens is 234 g/mol. The summed E-state index contributed by atoms with van der Waals surface area (Å²) in [4.78, 5) is 4.99. The molecule has 1 saturated heterocycles. The van der Waals surface area contributed by atoms with E-state index >= 15 is 0 Å². The lowest BCUT2D eigenvalue weighted by Crippen LogP contribution is -2.49. The van der Waals surface area contributed by atoms with Crippen molar-refractivity contribution in [2.24, 2.45) is 5.92 Å². The molecule has 0 bridgehead atoms. The Morgan fingerprint density at radius 2 is 1.84 bits per heavy atom. The van der Waals surface area contributed by atoms with Crippen LogP contribution in [-0.4, -0.2) is 62.7 Å². The third-order valence-corrected chi connectivity index (χ3v) is 4.96. The SMILES string of the molecule is CN(CCC1CCCCC1)CCC1CN(C)CCN1. The molecule has 2 rings (SSSR count). The Balaban J connectivity index is 1.54. The van der Waals surface area contributed by atoms with Gasteiger partial charge in [0.15, 0.2) is 0 Å². The molecule has 1 N–H and O–H groups in total. The number of hydrogen-bond acceptors (Lipinski definition) is 3. The predicted octanol–water partition coefficient (Wildman–Crippen LogP) is 2.18. The Labute approximate surface area is 119 Å². The van der Waals surface area contributed by atoms with E-state index in [1.807, 2.05) is 0 Å². The summed E-state index contributed by atoms with van der Waals surface area (Å²) >= 11 is 0. The van der Waals surface area contributed by atoms with Crippen LogP contribution in [0.4, 0.5) is 0 Å². The van der Waals surface area contributed by atoms with Crippen LogP contribution in [0.5, 0.6) is 0 Å². The molecule has 1 unspecified atom stereocenters. The molecule has 3 nitrogen and oxygen atoms in total. The first-order valence-electron chi connectivity index (χ1n) is 8.34. The average molecular weight is 267 g/mol. The van der Waals surface area contributed by atoms with Gasteiger partial charge in [0.25, 0.3) is 0 Å². The second-order valence-corrected chi connectivity index (χ2v) is 6.80. The summed E-state index contributed by atoms with van der Waals surface area (Å²) in [7, 11) is 4.54. The maximum absolute atomic E-state index is 3.64. The van der Waals surface area contributed by atoms with Crippen LogP contribution < -0.4 is 5.32 Å². The summed E-state index contributed by atoms with van der Waals surface area (Å²) in [5.41, 5.74) is 0. The van der Waals surface area contributed by atoms with E-state index in [9.17, 15) is 0 Å². The first-order valence-corrected chi connectivity index (χ1v) is 8.34. The third kappa shape index (κ3) is 5.80. The van der Waals surface area contributed by atoms with Gasteiger partial charge < -0.3 is 15.1 Å². The predicted molar refractivity (Wildman–Crippen MR) is 82.6 cm³/mol. The Hall–Kier alpha value is -0.120. The first-order chi connectivity index (χ1) is 9.24. The molecule has 1 atom stereocenters. The number of nitrogens with one attached hydrogen (secondary N) is 1. The van der Waals surface area contributed by atoms with Gasteiger partial charge in [-0.25, -0.2) is 0 Å². The lowest BCUT2D eigenvalue weighted by atomic mass is 9.87. The van der Waals surface area contributed by atoms with E-state index in [0.29, 0.717) is 6.04 Å². The summed E-state index contributed by atoms with van der Waals surface area (Å²) in [6.07, 6.45) is 10.1. The van der Waals surface area contributed by atoms with Gasteiger partial charge in [-0.1, -0.05) is 32.1 Å². The molecule has 1 heterocycles. The lowest BCUT2D eigenvalue weighted by Gasteiger charge is -2.32. The standard InChI is InChI=1S/C16H33N3/c1-18(11-8-15-6-4-3-5-7-15)12-9-16-14-19(2)13-10-17-16/h15-17H,3-14H2,1-2H3. The first kappa shape index (κ1) is 15.3. The molecule has 1 aliphatic carbocycles. The molecule has 0 aromatic carbocycles. The highest BCUT2D eigenvalue weighted by Crippen LogP contribution is 2.26. The molecule has 0 aromatic heterocycles. The van der Waals surface area contributed by atoms with Crippen molar-refractivity contribution >= 4 is 0 Å². The van der Waals surface area contributed by atoms with Crippen molar-refractivity contribution in [1.29, 1.82) is 0 Å². The lowest BCUT2D eigenvalue weighted by molar-refractivity contribution is 0.207. The van der Waals surface area contributed by atoms with E-state index in [0.717, 1.165) is 12.5 Å². The van der Waals surface area contributed by atoms with Crippen molar-refractivity contribution in [2.45, 2.75) is 51.0 Å². The molecule has 112 valence electrons. The van der Waals surface area contributed by atoms with Gasteiger partial charge in [0.05, 0.1) is 0 Å². The number of piperazine rings is 1. The molecule has 2 fully saturated rings. The molecule has 1 aliphatic heterocycles. The number of nitrogens with zero attached hydrogens (tertiary/aromatic N) is 2. The fourth-order valence-electron chi connectivity index (χ4n) is 3.55. The van der Waals surface area contributed by atoms with Gasteiger partial charge in [-0.2, -0.15) is 0 Å². The van der Waals surface area contributed by atoms with Crippen LogP contribution >= 0.6 is 0 Å². The summed E-state index contributed by atoms with van der Waals surface area (Å²) in [5.74, 6) is 1.02. The Kier molecular flexibility index (Phi) is 6.62. The zero-order chi connectivity index (χ0) is 13.5. The quantitative estimate of drug-likeness (QED) is 0.796. The van der Waals surface area contributed by atoms with Crippen LogP contribution in [0.3, 0.4) is 0 Å². The molecule has 3 heteroatoms. The van der Waals surface area contributed by atoms with Crippen LogP contribution in [0.15, 0.2) is 0 Å². The summed E-state index contributed by atoms with van der Waals surface area (Å²) in [5, 5.41) is 3.64. The molecule has 0 amide bonds. The number of rotatable bonds is 6. The molecule has 0 radical (unpaired) electrons. The van der Waals surface area contributed by atoms with Crippen LogP contribution in [-0.2, 0) is 0 Å². The van der Waals surface area contributed by atoms with E-state index in [1.165, 1.54) is 71.1 Å². The van der Waals surface area contributed by atoms with Crippen molar-refractivity contribution in [3.63, 3.8) is 0 Å². The zero-order valence-electron chi connectivity index (χ0n) is 13.0. The Morgan fingerprint density at radius 1 is 1.11 bits per heavy atom. The maximum atomic E-state index is 3.64. The van der Waals surface area contributed by atoms with Crippen LogP contribution in [0, 0.1) is 5.92 Å². The summed E-state index contributed by atoms with van der Waals surface area (Å²) < 4.78 is 0. The van der Waals surface area contributed by atoms with Gasteiger partial charge in [0, 0.05) is 25.7 Å². The topological polar surface area (TPSA) is 18.5 Å².